The van der Waals surface area contributed by atoms with Gasteiger partial charge in [-0.1, -0.05) is 19.1 Å². The topological polar surface area (TPSA) is 82.4 Å². The van der Waals surface area contributed by atoms with E-state index in [1.165, 1.54) is 16.3 Å². The second-order valence-corrected chi connectivity index (χ2v) is 7.57. The van der Waals surface area contributed by atoms with E-state index in [-0.39, 0.29) is 11.5 Å². The monoisotopic (exact) mass is 419 g/mol. The Hall–Kier alpha value is -3.61. The van der Waals surface area contributed by atoms with E-state index in [0.717, 1.165) is 11.1 Å². The van der Waals surface area contributed by atoms with Crippen molar-refractivity contribution >= 4 is 11.6 Å². The van der Waals surface area contributed by atoms with Gasteiger partial charge in [-0.25, -0.2) is 4.68 Å². The molecule has 4 rings (SSSR count). The summed E-state index contributed by atoms with van der Waals surface area (Å²) in [5.74, 6) is 0.922. The maximum Gasteiger partial charge on any atom is 0.267 e. The molecule has 2 heterocycles. The number of fused-ring (bicyclic) bond motifs is 1. The largest absolute Gasteiger partial charge is 0.486 e. The van der Waals surface area contributed by atoms with Crippen molar-refractivity contribution in [2.45, 2.75) is 33.2 Å². The summed E-state index contributed by atoms with van der Waals surface area (Å²) in [5.41, 5.74) is 4.12. The standard InChI is InChI=1S/C24H25N3O4/c1-4-20(24(29)25-18-7-9-21-22(14-18)31-12-11-30-21)27-23(28)10-8-19(26-27)17-6-5-15(2)16(3)13-17/h5-10,13-14,20H,4,11-12H2,1-3H3,(H,25,29)/t20-/m1/s1. The number of aromatic nitrogens is 2. The van der Waals surface area contributed by atoms with E-state index in [2.05, 4.69) is 10.4 Å². The fraction of sp³-hybridized carbons (Fsp3) is 0.292. The van der Waals surface area contributed by atoms with E-state index >= 15 is 0 Å². The molecular weight excluding hydrogens is 394 g/mol. The summed E-state index contributed by atoms with van der Waals surface area (Å²) in [5, 5.41) is 7.39. The highest BCUT2D eigenvalue weighted by molar-refractivity contribution is 5.94. The zero-order chi connectivity index (χ0) is 22.0. The SMILES string of the molecule is CC[C@H](C(=O)Nc1ccc2c(c1)OCCO2)n1nc(-c2ccc(C)c(C)c2)ccc1=O. The number of nitrogens with one attached hydrogen (secondary N) is 1. The summed E-state index contributed by atoms with van der Waals surface area (Å²) >= 11 is 0. The van der Waals surface area contributed by atoms with Crippen molar-refractivity contribution in [1.82, 2.24) is 9.78 Å². The lowest BCUT2D eigenvalue weighted by Crippen LogP contribution is -2.34. The zero-order valence-electron chi connectivity index (χ0n) is 17.8. The van der Waals surface area contributed by atoms with Gasteiger partial charge in [-0.05, 0) is 55.7 Å². The van der Waals surface area contributed by atoms with Crippen LogP contribution in [0.3, 0.4) is 0 Å². The maximum absolute atomic E-state index is 13.0. The molecule has 160 valence electrons. The Morgan fingerprint density at radius 3 is 2.55 bits per heavy atom. The number of benzene rings is 2. The molecule has 1 aliphatic heterocycles. The van der Waals surface area contributed by atoms with E-state index < -0.39 is 6.04 Å². The lowest BCUT2D eigenvalue weighted by atomic mass is 10.0. The summed E-state index contributed by atoms with van der Waals surface area (Å²) in [6, 6.07) is 13.7. The molecule has 3 aromatic rings. The summed E-state index contributed by atoms with van der Waals surface area (Å²) in [7, 11) is 0. The molecule has 1 aliphatic rings. The number of anilines is 1. The van der Waals surface area contributed by atoms with Crippen molar-refractivity contribution in [3.8, 4) is 22.8 Å². The molecule has 0 fully saturated rings. The molecule has 1 amide bonds. The highest BCUT2D eigenvalue weighted by atomic mass is 16.6. The number of amides is 1. The summed E-state index contributed by atoms with van der Waals surface area (Å²) in [4.78, 5) is 25.6. The van der Waals surface area contributed by atoms with Crippen molar-refractivity contribution < 1.29 is 14.3 Å². The van der Waals surface area contributed by atoms with Gasteiger partial charge in [0.15, 0.2) is 11.5 Å². The number of rotatable bonds is 5. The second kappa shape index (κ2) is 8.63. The number of carbonyl (C=O) groups excluding carboxylic acids is 1. The summed E-state index contributed by atoms with van der Waals surface area (Å²) in [6.45, 7) is 6.90. The van der Waals surface area contributed by atoms with Crippen LogP contribution in [-0.4, -0.2) is 28.9 Å². The van der Waals surface area contributed by atoms with Crippen molar-refractivity contribution in [3.05, 3.63) is 70.0 Å². The molecule has 0 radical (unpaired) electrons. The van der Waals surface area contributed by atoms with Gasteiger partial charge in [0.25, 0.3) is 5.56 Å². The van der Waals surface area contributed by atoms with Crippen LogP contribution in [0.1, 0.15) is 30.5 Å². The number of ether oxygens (including phenoxy) is 2. The van der Waals surface area contributed by atoms with Crippen LogP contribution in [-0.2, 0) is 4.79 Å². The molecule has 31 heavy (non-hydrogen) atoms. The number of hydrogen-bond acceptors (Lipinski definition) is 5. The van der Waals surface area contributed by atoms with Crippen molar-refractivity contribution in [2.24, 2.45) is 0 Å². The highest BCUT2D eigenvalue weighted by Crippen LogP contribution is 2.33. The van der Waals surface area contributed by atoms with Crippen LogP contribution in [0.15, 0.2) is 53.3 Å². The molecule has 1 atom stereocenters. The fourth-order valence-electron chi connectivity index (χ4n) is 3.52. The third kappa shape index (κ3) is 4.30. The van der Waals surface area contributed by atoms with E-state index in [0.29, 0.717) is 42.5 Å². The quantitative estimate of drug-likeness (QED) is 0.679. The Morgan fingerprint density at radius 2 is 1.81 bits per heavy atom. The third-order valence-electron chi connectivity index (χ3n) is 5.42. The Kier molecular flexibility index (Phi) is 5.75. The van der Waals surface area contributed by atoms with Gasteiger partial charge in [0, 0.05) is 23.4 Å². The van der Waals surface area contributed by atoms with Crippen LogP contribution in [0.5, 0.6) is 11.5 Å². The van der Waals surface area contributed by atoms with Gasteiger partial charge in [-0.3, -0.25) is 9.59 Å². The van der Waals surface area contributed by atoms with E-state index in [4.69, 9.17) is 9.47 Å². The van der Waals surface area contributed by atoms with Crippen LogP contribution < -0.4 is 20.3 Å². The Balaban J connectivity index is 1.61. The molecule has 0 saturated heterocycles. The molecule has 0 aliphatic carbocycles. The highest BCUT2D eigenvalue weighted by Gasteiger charge is 2.22. The third-order valence-corrected chi connectivity index (χ3v) is 5.42. The molecular formula is C24H25N3O4. The van der Waals surface area contributed by atoms with E-state index in [1.54, 1.807) is 24.3 Å². The van der Waals surface area contributed by atoms with Gasteiger partial charge in [-0.2, -0.15) is 5.10 Å². The Morgan fingerprint density at radius 1 is 1.03 bits per heavy atom. The van der Waals surface area contributed by atoms with Crippen LogP contribution >= 0.6 is 0 Å². The van der Waals surface area contributed by atoms with E-state index in [1.807, 2.05) is 39.0 Å². The van der Waals surface area contributed by atoms with Crippen LogP contribution in [0.25, 0.3) is 11.3 Å². The predicted octanol–water partition coefficient (Wildman–Crippen LogP) is 3.89. The Bertz CT molecular complexity index is 1190. The van der Waals surface area contributed by atoms with Crippen LogP contribution in [0.4, 0.5) is 5.69 Å². The molecule has 2 aromatic carbocycles. The molecule has 1 aromatic heterocycles. The van der Waals surface area contributed by atoms with Crippen molar-refractivity contribution in [3.63, 3.8) is 0 Å². The molecule has 0 unspecified atom stereocenters. The van der Waals surface area contributed by atoms with Gasteiger partial charge in [0.2, 0.25) is 5.91 Å². The van der Waals surface area contributed by atoms with Crippen molar-refractivity contribution in [1.29, 1.82) is 0 Å². The maximum atomic E-state index is 13.0. The lowest BCUT2D eigenvalue weighted by molar-refractivity contribution is -0.119. The smallest absolute Gasteiger partial charge is 0.267 e. The molecule has 0 bridgehead atoms. The number of carbonyl (C=O) groups is 1. The normalized spacial score (nSPS) is 13.5. The zero-order valence-corrected chi connectivity index (χ0v) is 17.8. The van der Waals surface area contributed by atoms with Gasteiger partial charge < -0.3 is 14.8 Å². The first-order valence-corrected chi connectivity index (χ1v) is 10.3. The predicted molar refractivity (Wildman–Crippen MR) is 119 cm³/mol. The number of hydrogen-bond donors (Lipinski definition) is 1. The number of aryl methyl sites for hydroxylation is 2. The minimum atomic E-state index is -0.743. The van der Waals surface area contributed by atoms with Crippen LogP contribution in [0.2, 0.25) is 0 Å². The summed E-state index contributed by atoms with van der Waals surface area (Å²) < 4.78 is 12.4. The average Bonchev–Trinajstić information content (AvgIpc) is 2.77. The first-order valence-electron chi connectivity index (χ1n) is 10.3. The lowest BCUT2D eigenvalue weighted by Gasteiger charge is -2.20. The fourth-order valence-corrected chi connectivity index (χ4v) is 3.52. The molecule has 0 saturated carbocycles. The minimum Gasteiger partial charge on any atom is -0.486 e. The molecule has 1 N–H and O–H groups in total. The van der Waals surface area contributed by atoms with Gasteiger partial charge in [0.05, 0.1) is 5.69 Å². The van der Waals surface area contributed by atoms with Crippen molar-refractivity contribution in [2.75, 3.05) is 18.5 Å². The first kappa shape index (κ1) is 20.7. The van der Waals surface area contributed by atoms with Crippen LogP contribution in [0, 0.1) is 13.8 Å². The second-order valence-electron chi connectivity index (χ2n) is 7.57. The van der Waals surface area contributed by atoms with E-state index in [9.17, 15) is 9.59 Å². The average molecular weight is 419 g/mol. The van der Waals surface area contributed by atoms with Gasteiger partial charge in [0.1, 0.15) is 19.3 Å². The van der Waals surface area contributed by atoms with Gasteiger partial charge in [-0.15, -0.1) is 0 Å². The molecule has 0 spiro atoms. The summed E-state index contributed by atoms with van der Waals surface area (Å²) in [6.07, 6.45) is 0.416. The first-order chi connectivity index (χ1) is 15.0. The number of nitrogens with zero attached hydrogens (tertiary/aromatic N) is 2. The Labute approximate surface area is 180 Å². The molecule has 7 nitrogen and oxygen atoms in total. The minimum absolute atomic E-state index is 0.314. The molecule has 7 heteroatoms. The van der Waals surface area contributed by atoms with Gasteiger partial charge >= 0.3 is 0 Å².